The second-order valence-electron chi connectivity index (χ2n) is 5.61. The molecule has 7 nitrogen and oxygen atoms in total. The molecule has 0 spiro atoms. The number of aromatic nitrogens is 2. The van der Waals surface area contributed by atoms with Gasteiger partial charge >= 0.3 is 0 Å². The van der Waals surface area contributed by atoms with Crippen LogP contribution in [0.15, 0.2) is 28.8 Å². The molecule has 0 saturated heterocycles. The number of nitro benzene ring substituents is 1. The molecule has 0 aliphatic heterocycles. The van der Waals surface area contributed by atoms with E-state index in [1.807, 2.05) is 20.8 Å². The second-order valence-corrected chi connectivity index (χ2v) is 5.61. The quantitative estimate of drug-likeness (QED) is 0.682. The van der Waals surface area contributed by atoms with Crippen LogP contribution in [0.3, 0.4) is 0 Å². The fraction of sp³-hybridized carbons (Fsp3) is 0.385. The van der Waals surface area contributed by atoms with E-state index in [2.05, 4.69) is 10.1 Å². The van der Waals surface area contributed by atoms with Crippen molar-refractivity contribution in [1.29, 1.82) is 0 Å². The molecule has 1 aromatic heterocycles. The van der Waals surface area contributed by atoms with Crippen LogP contribution >= 0.6 is 0 Å². The number of nitrogens with zero attached hydrogens (tertiary/aromatic N) is 3. The average molecular weight is 276 g/mol. The van der Waals surface area contributed by atoms with Gasteiger partial charge in [-0.15, -0.1) is 0 Å². The SMILES string of the molecule is CC(C)(C)[C@@H](N)c1nc(-c2cccc([N+](=O)[O-])c2)no1. The van der Waals surface area contributed by atoms with Crippen molar-refractivity contribution < 1.29 is 9.45 Å². The zero-order valence-corrected chi connectivity index (χ0v) is 11.5. The van der Waals surface area contributed by atoms with Gasteiger partial charge in [0, 0.05) is 17.7 Å². The van der Waals surface area contributed by atoms with E-state index in [-0.39, 0.29) is 11.1 Å². The van der Waals surface area contributed by atoms with Gasteiger partial charge in [0.05, 0.1) is 11.0 Å². The molecule has 0 aliphatic carbocycles. The number of hydrogen-bond acceptors (Lipinski definition) is 6. The predicted octanol–water partition coefficient (Wildman–Crippen LogP) is 2.69. The van der Waals surface area contributed by atoms with Crippen molar-refractivity contribution in [2.24, 2.45) is 11.1 Å². The first-order valence-electron chi connectivity index (χ1n) is 6.13. The maximum Gasteiger partial charge on any atom is 0.270 e. The van der Waals surface area contributed by atoms with Gasteiger partial charge in [-0.3, -0.25) is 10.1 Å². The van der Waals surface area contributed by atoms with Gasteiger partial charge in [0.2, 0.25) is 11.7 Å². The van der Waals surface area contributed by atoms with Crippen molar-refractivity contribution in [2.45, 2.75) is 26.8 Å². The summed E-state index contributed by atoms with van der Waals surface area (Å²) >= 11 is 0. The van der Waals surface area contributed by atoms with Gasteiger partial charge in [0.25, 0.3) is 5.69 Å². The van der Waals surface area contributed by atoms with Crippen LogP contribution in [0.1, 0.15) is 32.7 Å². The number of benzene rings is 1. The summed E-state index contributed by atoms with van der Waals surface area (Å²) in [6.45, 7) is 5.90. The fourth-order valence-electron chi connectivity index (χ4n) is 1.61. The topological polar surface area (TPSA) is 108 Å². The number of nitro groups is 1. The third-order valence-electron chi connectivity index (χ3n) is 2.96. The minimum atomic E-state index is -0.467. The van der Waals surface area contributed by atoms with E-state index in [0.29, 0.717) is 17.3 Å². The van der Waals surface area contributed by atoms with Crippen molar-refractivity contribution in [1.82, 2.24) is 10.1 Å². The Morgan fingerprint density at radius 3 is 2.70 bits per heavy atom. The summed E-state index contributed by atoms with van der Waals surface area (Å²) in [4.78, 5) is 14.5. The Balaban J connectivity index is 2.34. The molecule has 0 aliphatic rings. The van der Waals surface area contributed by atoms with Crippen LogP contribution in [0.4, 0.5) is 5.69 Å². The first-order chi connectivity index (χ1) is 9.29. The average Bonchev–Trinajstić information content (AvgIpc) is 2.86. The molecule has 2 aromatic rings. The van der Waals surface area contributed by atoms with Crippen LogP contribution < -0.4 is 5.73 Å². The van der Waals surface area contributed by atoms with Crippen molar-refractivity contribution in [3.63, 3.8) is 0 Å². The largest absolute Gasteiger partial charge is 0.337 e. The maximum atomic E-state index is 10.8. The Morgan fingerprint density at radius 2 is 2.10 bits per heavy atom. The fourth-order valence-corrected chi connectivity index (χ4v) is 1.61. The number of nitrogens with two attached hydrogens (primary N) is 1. The zero-order valence-electron chi connectivity index (χ0n) is 11.5. The first kappa shape index (κ1) is 14.1. The summed E-state index contributed by atoms with van der Waals surface area (Å²) in [5.74, 6) is 0.613. The molecule has 0 amide bonds. The van der Waals surface area contributed by atoms with Crippen LogP contribution in [0.25, 0.3) is 11.4 Å². The molecule has 106 valence electrons. The lowest BCUT2D eigenvalue weighted by molar-refractivity contribution is -0.384. The van der Waals surface area contributed by atoms with Gasteiger partial charge in [-0.1, -0.05) is 38.1 Å². The maximum absolute atomic E-state index is 10.8. The summed E-state index contributed by atoms with van der Waals surface area (Å²) < 4.78 is 5.15. The van der Waals surface area contributed by atoms with E-state index < -0.39 is 11.0 Å². The van der Waals surface area contributed by atoms with Gasteiger partial charge in [-0.2, -0.15) is 4.98 Å². The standard InChI is InChI=1S/C13H16N4O3/c1-13(2,3)10(14)12-15-11(16-20-12)8-5-4-6-9(7-8)17(18)19/h4-7,10H,14H2,1-3H3/t10-/m0/s1. The Labute approximate surface area is 115 Å². The molecule has 2 N–H and O–H groups in total. The summed E-state index contributed by atoms with van der Waals surface area (Å²) in [6.07, 6.45) is 0. The third kappa shape index (κ3) is 2.83. The molecule has 1 aromatic carbocycles. The number of rotatable bonds is 3. The molecule has 0 fully saturated rings. The van der Waals surface area contributed by atoms with Crippen molar-refractivity contribution in [2.75, 3.05) is 0 Å². The molecule has 1 atom stereocenters. The molecule has 0 radical (unpaired) electrons. The molecule has 0 unspecified atom stereocenters. The number of non-ortho nitro benzene ring substituents is 1. The van der Waals surface area contributed by atoms with Crippen LogP contribution in [0.5, 0.6) is 0 Å². The highest BCUT2D eigenvalue weighted by Crippen LogP contribution is 2.30. The Bertz CT molecular complexity index is 631. The predicted molar refractivity (Wildman–Crippen MR) is 72.8 cm³/mol. The normalized spacial score (nSPS) is 13.2. The molecule has 2 rings (SSSR count). The van der Waals surface area contributed by atoms with Crippen LogP contribution in [-0.4, -0.2) is 15.1 Å². The van der Waals surface area contributed by atoms with E-state index in [1.54, 1.807) is 12.1 Å². The molecule has 20 heavy (non-hydrogen) atoms. The Kier molecular flexibility index (Phi) is 3.54. The lowest BCUT2D eigenvalue weighted by atomic mass is 9.87. The highest BCUT2D eigenvalue weighted by Gasteiger charge is 2.27. The lowest BCUT2D eigenvalue weighted by Gasteiger charge is -2.23. The van der Waals surface area contributed by atoms with Gasteiger partial charge < -0.3 is 10.3 Å². The van der Waals surface area contributed by atoms with Gasteiger partial charge in [0.1, 0.15) is 0 Å². The van der Waals surface area contributed by atoms with Crippen molar-refractivity contribution in [3.8, 4) is 11.4 Å². The number of hydrogen-bond donors (Lipinski definition) is 1. The Hall–Kier alpha value is -2.28. The summed E-state index contributed by atoms with van der Waals surface area (Å²) in [5, 5.41) is 14.6. The van der Waals surface area contributed by atoms with E-state index in [1.165, 1.54) is 12.1 Å². The second kappa shape index (κ2) is 5.01. The van der Waals surface area contributed by atoms with Crippen LogP contribution in [0, 0.1) is 15.5 Å². The highest BCUT2D eigenvalue weighted by atomic mass is 16.6. The van der Waals surface area contributed by atoms with E-state index in [0.717, 1.165) is 0 Å². The minimum absolute atomic E-state index is 0.0195. The smallest absolute Gasteiger partial charge is 0.270 e. The van der Waals surface area contributed by atoms with Crippen molar-refractivity contribution in [3.05, 3.63) is 40.3 Å². The summed E-state index contributed by atoms with van der Waals surface area (Å²) in [5.41, 5.74) is 6.33. The Morgan fingerprint density at radius 1 is 1.40 bits per heavy atom. The van der Waals surface area contributed by atoms with Crippen LogP contribution in [0.2, 0.25) is 0 Å². The molecule has 1 heterocycles. The molecule has 7 heteroatoms. The van der Waals surface area contributed by atoms with E-state index >= 15 is 0 Å². The monoisotopic (exact) mass is 276 g/mol. The molecular weight excluding hydrogens is 260 g/mol. The highest BCUT2D eigenvalue weighted by molar-refractivity contribution is 5.58. The van der Waals surface area contributed by atoms with E-state index in [4.69, 9.17) is 10.3 Å². The molecule has 0 saturated carbocycles. The first-order valence-corrected chi connectivity index (χ1v) is 6.13. The van der Waals surface area contributed by atoms with Gasteiger partial charge in [0.15, 0.2) is 0 Å². The minimum Gasteiger partial charge on any atom is -0.337 e. The third-order valence-corrected chi connectivity index (χ3v) is 2.96. The van der Waals surface area contributed by atoms with Crippen LogP contribution in [-0.2, 0) is 0 Å². The van der Waals surface area contributed by atoms with Gasteiger partial charge in [-0.25, -0.2) is 0 Å². The molecular formula is C13H16N4O3. The molecule has 0 bridgehead atoms. The zero-order chi connectivity index (χ0) is 14.9. The van der Waals surface area contributed by atoms with Gasteiger partial charge in [-0.05, 0) is 5.41 Å². The lowest BCUT2D eigenvalue weighted by Crippen LogP contribution is -2.26. The summed E-state index contributed by atoms with van der Waals surface area (Å²) in [6, 6.07) is 5.67. The van der Waals surface area contributed by atoms with Crippen molar-refractivity contribution >= 4 is 5.69 Å². The van der Waals surface area contributed by atoms with E-state index in [9.17, 15) is 10.1 Å². The summed E-state index contributed by atoms with van der Waals surface area (Å²) in [7, 11) is 0.